The average molecular weight is 602 g/mol. The molecule has 10 heteroatoms. The first-order valence-corrected chi connectivity index (χ1v) is 12.8. The molecule has 3 N–H and O–H groups in total. The van der Waals surface area contributed by atoms with Crippen LogP contribution < -0.4 is 16.1 Å². The number of hydrogen-bond donors (Lipinski definition) is 3. The van der Waals surface area contributed by atoms with E-state index in [1.54, 1.807) is 48.5 Å². The Bertz CT molecular complexity index is 1530. The first kappa shape index (κ1) is 26.7. The van der Waals surface area contributed by atoms with Crippen LogP contribution in [0.1, 0.15) is 36.8 Å². The van der Waals surface area contributed by atoms with Gasteiger partial charge in [-0.15, -0.1) is 0 Å². The van der Waals surface area contributed by atoms with Crippen LogP contribution in [0.3, 0.4) is 0 Å². The molecule has 0 saturated carbocycles. The Morgan fingerprint density at radius 3 is 2.19 bits per heavy atom. The molecule has 3 aromatic carbocycles. The molecule has 4 aromatic rings. The highest BCUT2D eigenvalue weighted by Gasteiger charge is 2.22. The van der Waals surface area contributed by atoms with E-state index >= 15 is 0 Å². The number of amides is 3. The number of carbonyl (C=O) groups is 3. The minimum Gasteiger partial charge on any atom is -0.319 e. The van der Waals surface area contributed by atoms with Gasteiger partial charge in [-0.2, -0.15) is 0 Å². The Labute approximate surface area is 232 Å². The molecule has 190 valence electrons. The number of rotatable bonds is 4. The SMILES string of the molecule is CC(C)(C)c1ccc(NC(=O)C(=O)Nn2c(C(=O)Nc3ccc(Cl)cc3Cl)cc3cc(Br)ccc32)cc1. The molecule has 0 radical (unpaired) electrons. The van der Waals surface area contributed by atoms with Crippen LogP contribution in [0, 0.1) is 0 Å². The van der Waals surface area contributed by atoms with Crippen molar-refractivity contribution in [1.82, 2.24) is 4.68 Å². The quantitative estimate of drug-likeness (QED) is 0.221. The maximum absolute atomic E-state index is 13.2. The highest BCUT2D eigenvalue weighted by Crippen LogP contribution is 2.28. The Balaban J connectivity index is 1.59. The molecule has 0 fully saturated rings. The monoisotopic (exact) mass is 600 g/mol. The largest absolute Gasteiger partial charge is 0.328 e. The predicted octanol–water partition coefficient (Wildman–Crippen LogP) is 6.97. The van der Waals surface area contributed by atoms with Crippen LogP contribution in [0.2, 0.25) is 10.0 Å². The Morgan fingerprint density at radius 1 is 0.838 bits per heavy atom. The van der Waals surface area contributed by atoms with Crippen LogP contribution in [0.25, 0.3) is 10.9 Å². The molecule has 37 heavy (non-hydrogen) atoms. The fourth-order valence-corrected chi connectivity index (χ4v) is 4.48. The molecule has 0 bridgehead atoms. The number of aromatic nitrogens is 1. The van der Waals surface area contributed by atoms with E-state index in [-0.39, 0.29) is 16.1 Å². The molecule has 0 aliphatic carbocycles. The lowest BCUT2D eigenvalue weighted by atomic mass is 9.87. The van der Waals surface area contributed by atoms with Gasteiger partial charge >= 0.3 is 11.8 Å². The average Bonchev–Trinajstić information content (AvgIpc) is 3.17. The second-order valence-electron chi connectivity index (χ2n) is 9.37. The summed E-state index contributed by atoms with van der Waals surface area (Å²) in [5.41, 5.74) is 5.02. The molecular formula is C27H23BrCl2N4O3. The molecule has 3 amide bonds. The highest BCUT2D eigenvalue weighted by molar-refractivity contribution is 9.10. The molecule has 1 heterocycles. The van der Waals surface area contributed by atoms with Gasteiger partial charge in [0.1, 0.15) is 5.69 Å². The van der Waals surface area contributed by atoms with Crippen LogP contribution in [0.15, 0.2) is 71.2 Å². The third-order valence-corrected chi connectivity index (χ3v) is 6.65. The first-order valence-electron chi connectivity index (χ1n) is 11.2. The van der Waals surface area contributed by atoms with Gasteiger partial charge in [-0.1, -0.05) is 72.0 Å². The minimum atomic E-state index is -0.945. The van der Waals surface area contributed by atoms with Crippen molar-refractivity contribution in [3.63, 3.8) is 0 Å². The third kappa shape index (κ3) is 6.15. The van der Waals surface area contributed by atoms with E-state index in [2.05, 4.69) is 52.8 Å². The van der Waals surface area contributed by atoms with E-state index in [9.17, 15) is 14.4 Å². The third-order valence-electron chi connectivity index (χ3n) is 5.60. The lowest BCUT2D eigenvalue weighted by molar-refractivity contribution is -0.133. The van der Waals surface area contributed by atoms with Crippen LogP contribution in [0.4, 0.5) is 11.4 Å². The van der Waals surface area contributed by atoms with Crippen LogP contribution in [0.5, 0.6) is 0 Å². The molecule has 0 aliphatic heterocycles. The van der Waals surface area contributed by atoms with Gasteiger partial charge in [-0.25, -0.2) is 4.68 Å². The van der Waals surface area contributed by atoms with E-state index in [1.165, 1.54) is 10.7 Å². The van der Waals surface area contributed by atoms with E-state index < -0.39 is 17.7 Å². The normalized spacial score (nSPS) is 11.3. The number of hydrogen-bond acceptors (Lipinski definition) is 3. The number of nitrogens with one attached hydrogen (secondary N) is 3. The maximum Gasteiger partial charge on any atom is 0.328 e. The second kappa shape index (κ2) is 10.6. The van der Waals surface area contributed by atoms with Crippen molar-refractivity contribution >= 4 is 79.1 Å². The van der Waals surface area contributed by atoms with Crippen LogP contribution >= 0.6 is 39.1 Å². The van der Waals surface area contributed by atoms with Gasteiger partial charge in [-0.3, -0.25) is 19.8 Å². The fraction of sp³-hybridized carbons (Fsp3) is 0.148. The molecular weight excluding hydrogens is 579 g/mol. The molecule has 4 rings (SSSR count). The minimum absolute atomic E-state index is 0.0440. The molecule has 0 spiro atoms. The highest BCUT2D eigenvalue weighted by atomic mass is 79.9. The van der Waals surface area contributed by atoms with E-state index in [4.69, 9.17) is 23.2 Å². The molecule has 1 aromatic heterocycles. The van der Waals surface area contributed by atoms with E-state index in [0.29, 0.717) is 27.3 Å². The van der Waals surface area contributed by atoms with Gasteiger partial charge in [0.2, 0.25) is 0 Å². The summed E-state index contributed by atoms with van der Waals surface area (Å²) in [4.78, 5) is 38.7. The number of fused-ring (bicyclic) bond motifs is 1. The first-order chi connectivity index (χ1) is 17.4. The lowest BCUT2D eigenvalue weighted by Crippen LogP contribution is -2.36. The molecule has 7 nitrogen and oxygen atoms in total. The van der Waals surface area contributed by atoms with Gasteiger partial charge in [-0.05, 0) is 65.6 Å². The van der Waals surface area contributed by atoms with Gasteiger partial charge in [0.25, 0.3) is 5.91 Å². The molecule has 0 saturated heterocycles. The standard InChI is InChI=1S/C27H23BrCl2N4O3/c1-27(2,3)16-4-8-19(9-5-16)31-25(36)26(37)33-34-22-11-6-17(28)12-15(22)13-23(34)24(35)32-21-10-7-18(29)14-20(21)30/h4-14H,1-3H3,(H,31,36)(H,32,35)(H,33,37). The lowest BCUT2D eigenvalue weighted by Gasteiger charge is -2.19. The van der Waals surface area contributed by atoms with E-state index in [1.807, 2.05) is 12.1 Å². The number of benzene rings is 3. The number of nitrogens with zero attached hydrogens (tertiary/aromatic N) is 1. The maximum atomic E-state index is 13.2. The zero-order valence-electron chi connectivity index (χ0n) is 20.2. The molecule has 0 atom stereocenters. The van der Waals surface area contributed by atoms with Crippen molar-refractivity contribution < 1.29 is 14.4 Å². The zero-order valence-corrected chi connectivity index (χ0v) is 23.3. The summed E-state index contributed by atoms with van der Waals surface area (Å²) in [6.45, 7) is 6.26. The van der Waals surface area contributed by atoms with Crippen LogP contribution in [-0.2, 0) is 15.0 Å². The molecule has 0 aliphatic rings. The number of carbonyl (C=O) groups excluding carboxylic acids is 3. The van der Waals surface area contributed by atoms with Crippen molar-refractivity contribution in [1.29, 1.82) is 0 Å². The Kier molecular flexibility index (Phi) is 7.64. The van der Waals surface area contributed by atoms with Crippen molar-refractivity contribution in [2.75, 3.05) is 16.1 Å². The van der Waals surface area contributed by atoms with Crippen molar-refractivity contribution in [3.8, 4) is 0 Å². The predicted molar refractivity (Wildman–Crippen MR) is 152 cm³/mol. The zero-order chi connectivity index (χ0) is 26.9. The van der Waals surface area contributed by atoms with Gasteiger partial charge in [0.15, 0.2) is 0 Å². The van der Waals surface area contributed by atoms with Crippen LogP contribution in [-0.4, -0.2) is 22.4 Å². The fourth-order valence-electron chi connectivity index (χ4n) is 3.64. The topological polar surface area (TPSA) is 92.2 Å². The summed E-state index contributed by atoms with van der Waals surface area (Å²) in [5, 5.41) is 6.65. The summed E-state index contributed by atoms with van der Waals surface area (Å²) < 4.78 is 2.05. The van der Waals surface area contributed by atoms with Crippen molar-refractivity contribution in [2.24, 2.45) is 0 Å². The van der Waals surface area contributed by atoms with Crippen molar-refractivity contribution in [3.05, 3.63) is 92.5 Å². The smallest absolute Gasteiger partial charge is 0.319 e. The van der Waals surface area contributed by atoms with Gasteiger partial charge in [0, 0.05) is 20.6 Å². The van der Waals surface area contributed by atoms with E-state index in [0.717, 1.165) is 10.0 Å². The van der Waals surface area contributed by atoms with Gasteiger partial charge < -0.3 is 10.6 Å². The van der Waals surface area contributed by atoms with Crippen molar-refractivity contribution in [2.45, 2.75) is 26.2 Å². The Morgan fingerprint density at radius 2 is 1.54 bits per heavy atom. The summed E-state index contributed by atoms with van der Waals surface area (Å²) >= 11 is 15.6. The number of anilines is 2. The van der Waals surface area contributed by atoms with Gasteiger partial charge in [0.05, 0.1) is 16.2 Å². The Hall–Kier alpha value is -3.33. The summed E-state index contributed by atoms with van der Waals surface area (Å²) in [6, 6.07) is 18.8. The second-order valence-corrected chi connectivity index (χ2v) is 11.1. The summed E-state index contributed by atoms with van der Waals surface area (Å²) in [7, 11) is 0. The summed E-state index contributed by atoms with van der Waals surface area (Å²) in [5.74, 6) is -2.37. The number of halogens is 3. The summed E-state index contributed by atoms with van der Waals surface area (Å²) in [6.07, 6.45) is 0. The molecule has 0 unspecified atom stereocenters.